The van der Waals surface area contributed by atoms with E-state index >= 15 is 0 Å². The van der Waals surface area contributed by atoms with E-state index in [2.05, 4.69) is 0 Å². The zero-order valence-electron chi connectivity index (χ0n) is 12.7. The number of fused-ring (bicyclic) bond motifs is 1. The number of hydrogen-bond acceptors (Lipinski definition) is 3. The molecule has 5 heteroatoms. The number of nitrogens with zero attached hydrogens (tertiary/aromatic N) is 2. The van der Waals surface area contributed by atoms with Crippen molar-refractivity contribution < 1.29 is 14.4 Å². The lowest BCUT2D eigenvalue weighted by molar-refractivity contribution is -0.195. The van der Waals surface area contributed by atoms with Crippen LogP contribution >= 0.6 is 0 Å². The van der Waals surface area contributed by atoms with Crippen LogP contribution in [0.5, 0.6) is 0 Å². The molecule has 1 saturated heterocycles. The molecule has 5 nitrogen and oxygen atoms in total. The van der Waals surface area contributed by atoms with Gasteiger partial charge in [0.1, 0.15) is 0 Å². The number of amides is 3. The van der Waals surface area contributed by atoms with Crippen molar-refractivity contribution in [1.82, 2.24) is 10.0 Å². The summed E-state index contributed by atoms with van der Waals surface area (Å²) in [4.78, 5) is 37.6. The highest BCUT2D eigenvalue weighted by molar-refractivity contribution is 6.02. The molecule has 0 aromatic heterocycles. The third-order valence-electron chi connectivity index (χ3n) is 5.27. The fourth-order valence-corrected chi connectivity index (χ4v) is 4.23. The molecule has 2 unspecified atom stereocenters. The SMILES string of the molecule is CC(=O)N1C(=O)C2CCCCC2C(=O)N1C1CCCCC1. The van der Waals surface area contributed by atoms with Crippen LogP contribution in [0.3, 0.4) is 0 Å². The van der Waals surface area contributed by atoms with Crippen molar-refractivity contribution in [2.45, 2.75) is 70.8 Å². The van der Waals surface area contributed by atoms with Gasteiger partial charge in [0.15, 0.2) is 0 Å². The van der Waals surface area contributed by atoms with E-state index in [0.29, 0.717) is 0 Å². The monoisotopic (exact) mass is 292 g/mol. The van der Waals surface area contributed by atoms with E-state index in [1.165, 1.54) is 23.4 Å². The molecule has 1 aliphatic heterocycles. The first-order valence-corrected chi connectivity index (χ1v) is 8.29. The average molecular weight is 292 g/mol. The van der Waals surface area contributed by atoms with Gasteiger partial charge in [-0.2, -0.15) is 5.01 Å². The van der Waals surface area contributed by atoms with Crippen molar-refractivity contribution in [3.05, 3.63) is 0 Å². The summed E-state index contributed by atoms with van der Waals surface area (Å²) in [6, 6.07) is 0.0296. The van der Waals surface area contributed by atoms with Crippen molar-refractivity contribution in [3.63, 3.8) is 0 Å². The molecule has 0 spiro atoms. The minimum atomic E-state index is -0.317. The first-order chi connectivity index (χ1) is 10.1. The summed E-state index contributed by atoms with van der Waals surface area (Å²) < 4.78 is 0. The maximum Gasteiger partial charge on any atom is 0.252 e. The Morgan fingerprint density at radius 3 is 1.95 bits per heavy atom. The molecule has 0 aromatic rings. The fourth-order valence-electron chi connectivity index (χ4n) is 4.23. The van der Waals surface area contributed by atoms with Crippen LogP contribution in [0.1, 0.15) is 64.7 Å². The Morgan fingerprint density at radius 2 is 1.38 bits per heavy atom. The molecular weight excluding hydrogens is 268 g/mol. The Hall–Kier alpha value is -1.39. The molecule has 0 bridgehead atoms. The molecule has 21 heavy (non-hydrogen) atoms. The van der Waals surface area contributed by atoms with E-state index in [0.717, 1.165) is 51.4 Å². The average Bonchev–Trinajstić information content (AvgIpc) is 2.51. The van der Waals surface area contributed by atoms with Gasteiger partial charge in [-0.25, -0.2) is 5.01 Å². The van der Waals surface area contributed by atoms with Gasteiger partial charge in [-0.1, -0.05) is 32.1 Å². The Bertz CT molecular complexity index is 456. The minimum absolute atomic E-state index is 0.0152. The lowest BCUT2D eigenvalue weighted by atomic mass is 9.76. The van der Waals surface area contributed by atoms with Crippen molar-refractivity contribution in [2.75, 3.05) is 0 Å². The van der Waals surface area contributed by atoms with E-state index in [4.69, 9.17) is 0 Å². The van der Waals surface area contributed by atoms with Crippen LogP contribution in [-0.2, 0) is 14.4 Å². The number of hydrazine groups is 1. The zero-order chi connectivity index (χ0) is 15.0. The van der Waals surface area contributed by atoms with E-state index in [1.54, 1.807) is 0 Å². The highest BCUT2D eigenvalue weighted by Gasteiger charge is 2.50. The van der Waals surface area contributed by atoms with Crippen LogP contribution in [0.25, 0.3) is 0 Å². The van der Waals surface area contributed by atoms with Crippen molar-refractivity contribution in [2.24, 2.45) is 11.8 Å². The number of imide groups is 1. The van der Waals surface area contributed by atoms with Crippen molar-refractivity contribution in [1.29, 1.82) is 0 Å². The third-order valence-corrected chi connectivity index (χ3v) is 5.27. The van der Waals surface area contributed by atoms with Gasteiger partial charge in [-0.15, -0.1) is 0 Å². The maximum absolute atomic E-state index is 12.9. The molecule has 3 fully saturated rings. The lowest BCUT2D eigenvalue weighted by Gasteiger charge is -2.48. The van der Waals surface area contributed by atoms with E-state index in [1.807, 2.05) is 0 Å². The van der Waals surface area contributed by atoms with Gasteiger partial charge in [0.2, 0.25) is 11.8 Å². The van der Waals surface area contributed by atoms with Gasteiger partial charge in [0, 0.05) is 6.92 Å². The Kier molecular flexibility index (Phi) is 4.00. The molecule has 3 aliphatic rings. The molecule has 0 radical (unpaired) electrons. The minimum Gasteiger partial charge on any atom is -0.273 e. The van der Waals surface area contributed by atoms with Crippen LogP contribution in [0.2, 0.25) is 0 Å². The molecule has 2 aliphatic carbocycles. The van der Waals surface area contributed by atoms with Crippen molar-refractivity contribution in [3.8, 4) is 0 Å². The summed E-state index contributed by atoms with van der Waals surface area (Å²) in [5.74, 6) is -0.902. The number of hydrogen-bond donors (Lipinski definition) is 0. The summed E-state index contributed by atoms with van der Waals surface area (Å²) in [7, 11) is 0. The summed E-state index contributed by atoms with van der Waals surface area (Å²) in [5.41, 5.74) is 0. The van der Waals surface area contributed by atoms with Gasteiger partial charge in [-0.3, -0.25) is 14.4 Å². The molecule has 116 valence electrons. The van der Waals surface area contributed by atoms with E-state index in [-0.39, 0.29) is 35.6 Å². The largest absolute Gasteiger partial charge is 0.273 e. The maximum atomic E-state index is 12.9. The third kappa shape index (κ3) is 2.47. The highest BCUT2D eigenvalue weighted by Crippen LogP contribution is 2.39. The van der Waals surface area contributed by atoms with Crippen LogP contribution in [-0.4, -0.2) is 33.8 Å². The first kappa shape index (κ1) is 14.5. The topological polar surface area (TPSA) is 57.7 Å². The predicted molar refractivity (Wildman–Crippen MR) is 76.7 cm³/mol. The molecule has 0 N–H and O–H groups in total. The van der Waals surface area contributed by atoms with Crippen LogP contribution < -0.4 is 0 Å². The Balaban J connectivity index is 1.92. The quantitative estimate of drug-likeness (QED) is 0.745. The fraction of sp³-hybridized carbons (Fsp3) is 0.812. The normalized spacial score (nSPS) is 31.3. The summed E-state index contributed by atoms with van der Waals surface area (Å²) in [6.45, 7) is 1.39. The summed E-state index contributed by atoms with van der Waals surface area (Å²) in [6.07, 6.45) is 8.67. The molecule has 3 amide bonds. The zero-order valence-corrected chi connectivity index (χ0v) is 12.7. The molecular formula is C16H24N2O3. The number of rotatable bonds is 1. The Labute approximate surface area is 125 Å². The summed E-state index contributed by atoms with van der Waals surface area (Å²) >= 11 is 0. The van der Waals surface area contributed by atoms with Crippen LogP contribution in [0.15, 0.2) is 0 Å². The van der Waals surface area contributed by atoms with E-state index in [9.17, 15) is 14.4 Å². The van der Waals surface area contributed by atoms with Gasteiger partial charge in [0.05, 0.1) is 17.9 Å². The molecule has 0 aromatic carbocycles. The summed E-state index contributed by atoms with van der Waals surface area (Å²) in [5, 5.41) is 2.71. The second kappa shape index (κ2) is 5.78. The first-order valence-electron chi connectivity index (χ1n) is 8.29. The molecule has 1 heterocycles. The Morgan fingerprint density at radius 1 is 0.857 bits per heavy atom. The van der Waals surface area contributed by atoms with Crippen LogP contribution in [0.4, 0.5) is 0 Å². The standard InChI is InChI=1S/C16H24N2O3/c1-11(19)17-15(20)13-9-5-6-10-14(13)16(21)18(17)12-7-3-2-4-8-12/h12-14H,2-10H2,1H3. The molecule has 2 atom stereocenters. The van der Waals surface area contributed by atoms with Gasteiger partial charge < -0.3 is 0 Å². The van der Waals surface area contributed by atoms with Crippen molar-refractivity contribution >= 4 is 17.7 Å². The van der Waals surface area contributed by atoms with Crippen LogP contribution in [0, 0.1) is 11.8 Å². The predicted octanol–water partition coefficient (Wildman–Crippen LogP) is 2.26. The van der Waals surface area contributed by atoms with Gasteiger partial charge in [0.25, 0.3) is 5.91 Å². The molecule has 3 rings (SSSR count). The molecule has 2 saturated carbocycles. The second-order valence-electron chi connectivity index (χ2n) is 6.64. The van der Waals surface area contributed by atoms with Gasteiger partial charge >= 0.3 is 0 Å². The number of carbonyl (C=O) groups is 3. The smallest absolute Gasteiger partial charge is 0.252 e. The number of carbonyl (C=O) groups excluding carboxylic acids is 3. The van der Waals surface area contributed by atoms with Gasteiger partial charge in [-0.05, 0) is 25.7 Å². The highest BCUT2D eigenvalue weighted by atomic mass is 16.2. The lowest BCUT2D eigenvalue weighted by Crippen LogP contribution is -2.65. The van der Waals surface area contributed by atoms with E-state index < -0.39 is 0 Å². The second-order valence-corrected chi connectivity index (χ2v) is 6.64.